The standard InChI is InChI=1S/C23H26N2O7/c1-4-31-23(28)20-19(21(26)24-32-14-15-8-6-5-7-9-15)22(27)25(20)13-16-10-11-17(29-2)12-18(16)30-3/h5-12,19-20H,4,13-14H2,1-3H3,(H,24,26). The molecule has 0 spiro atoms. The Morgan fingerprint density at radius 2 is 1.81 bits per heavy atom. The molecule has 1 fully saturated rings. The second-order valence-electron chi connectivity index (χ2n) is 7.06. The Morgan fingerprint density at radius 3 is 2.47 bits per heavy atom. The van der Waals surface area contributed by atoms with Crippen molar-refractivity contribution in [2.24, 2.45) is 5.92 Å². The lowest BCUT2D eigenvalue weighted by Gasteiger charge is -2.44. The third-order valence-electron chi connectivity index (χ3n) is 5.10. The summed E-state index contributed by atoms with van der Waals surface area (Å²) in [6, 6.07) is 13.3. The van der Waals surface area contributed by atoms with Crippen LogP contribution in [0, 0.1) is 5.92 Å². The SMILES string of the molecule is CCOC(=O)C1C(C(=O)NOCc2ccccc2)C(=O)N1Cc1ccc(OC)cc1OC. The third kappa shape index (κ3) is 5.00. The number of methoxy groups -OCH3 is 2. The molecule has 0 radical (unpaired) electrons. The van der Waals surface area contributed by atoms with Crippen LogP contribution in [-0.4, -0.2) is 49.6 Å². The van der Waals surface area contributed by atoms with Gasteiger partial charge in [0.25, 0.3) is 5.91 Å². The number of hydrogen-bond donors (Lipinski definition) is 1. The fourth-order valence-corrected chi connectivity index (χ4v) is 3.47. The molecule has 1 N–H and O–H groups in total. The Kier molecular flexibility index (Phi) is 7.67. The van der Waals surface area contributed by atoms with Crippen LogP contribution in [0.3, 0.4) is 0 Å². The molecule has 2 unspecified atom stereocenters. The van der Waals surface area contributed by atoms with Gasteiger partial charge in [-0.3, -0.25) is 14.4 Å². The van der Waals surface area contributed by atoms with Crippen molar-refractivity contribution in [3.63, 3.8) is 0 Å². The Morgan fingerprint density at radius 1 is 1.06 bits per heavy atom. The first-order valence-corrected chi connectivity index (χ1v) is 10.1. The normalized spacial score (nSPS) is 17.3. The van der Waals surface area contributed by atoms with E-state index >= 15 is 0 Å². The lowest BCUT2D eigenvalue weighted by Crippen LogP contribution is -2.68. The maximum Gasteiger partial charge on any atom is 0.330 e. The summed E-state index contributed by atoms with van der Waals surface area (Å²) in [5.41, 5.74) is 3.79. The van der Waals surface area contributed by atoms with Crippen LogP contribution >= 0.6 is 0 Å². The van der Waals surface area contributed by atoms with Crippen LogP contribution in [0.2, 0.25) is 0 Å². The summed E-state index contributed by atoms with van der Waals surface area (Å²) in [6.07, 6.45) is 0. The maximum absolute atomic E-state index is 12.8. The lowest BCUT2D eigenvalue weighted by molar-refractivity contribution is -0.181. The number of carbonyl (C=O) groups is 3. The average Bonchev–Trinajstić information content (AvgIpc) is 2.81. The predicted molar refractivity (Wildman–Crippen MR) is 113 cm³/mol. The van der Waals surface area contributed by atoms with Crippen LogP contribution in [0.15, 0.2) is 48.5 Å². The molecule has 1 saturated heterocycles. The van der Waals surface area contributed by atoms with Gasteiger partial charge in [-0.2, -0.15) is 0 Å². The largest absolute Gasteiger partial charge is 0.497 e. The van der Waals surface area contributed by atoms with Gasteiger partial charge in [0.2, 0.25) is 5.91 Å². The van der Waals surface area contributed by atoms with Crippen molar-refractivity contribution in [1.82, 2.24) is 10.4 Å². The third-order valence-corrected chi connectivity index (χ3v) is 5.10. The number of carbonyl (C=O) groups excluding carboxylic acids is 3. The summed E-state index contributed by atoms with van der Waals surface area (Å²) >= 11 is 0. The van der Waals surface area contributed by atoms with E-state index in [1.165, 1.54) is 19.1 Å². The van der Waals surface area contributed by atoms with Crippen LogP contribution in [0.5, 0.6) is 11.5 Å². The highest BCUT2D eigenvalue weighted by atomic mass is 16.7. The van der Waals surface area contributed by atoms with E-state index in [2.05, 4.69) is 5.48 Å². The monoisotopic (exact) mass is 442 g/mol. The number of benzene rings is 2. The van der Waals surface area contributed by atoms with Gasteiger partial charge in [-0.15, -0.1) is 0 Å². The van der Waals surface area contributed by atoms with Crippen LogP contribution < -0.4 is 15.0 Å². The predicted octanol–water partition coefficient (Wildman–Crippen LogP) is 1.84. The van der Waals surface area contributed by atoms with Crippen LogP contribution in [0.1, 0.15) is 18.1 Å². The Balaban J connectivity index is 1.70. The Hall–Kier alpha value is -3.59. The summed E-state index contributed by atoms with van der Waals surface area (Å²) in [6.45, 7) is 1.99. The number of hydrogen-bond acceptors (Lipinski definition) is 7. The fourth-order valence-electron chi connectivity index (χ4n) is 3.47. The molecule has 0 aliphatic carbocycles. The van der Waals surface area contributed by atoms with Crippen molar-refractivity contribution >= 4 is 17.8 Å². The van der Waals surface area contributed by atoms with Gasteiger partial charge in [-0.1, -0.05) is 30.3 Å². The van der Waals surface area contributed by atoms with Crippen LogP contribution in [0.4, 0.5) is 0 Å². The van der Waals surface area contributed by atoms with E-state index in [0.29, 0.717) is 17.1 Å². The van der Waals surface area contributed by atoms with Gasteiger partial charge in [0.1, 0.15) is 17.4 Å². The van der Waals surface area contributed by atoms with Crippen molar-refractivity contribution in [3.8, 4) is 11.5 Å². The summed E-state index contributed by atoms with van der Waals surface area (Å²) in [7, 11) is 3.03. The fraction of sp³-hybridized carbons (Fsp3) is 0.348. The van der Waals surface area contributed by atoms with Gasteiger partial charge in [0, 0.05) is 11.6 Å². The number of esters is 1. The molecule has 2 aromatic carbocycles. The first-order chi connectivity index (χ1) is 15.5. The van der Waals surface area contributed by atoms with Crippen molar-refractivity contribution in [3.05, 3.63) is 59.7 Å². The minimum atomic E-state index is -1.23. The van der Waals surface area contributed by atoms with Crippen LogP contribution in [0.25, 0.3) is 0 Å². The summed E-state index contributed by atoms with van der Waals surface area (Å²) < 4.78 is 15.7. The minimum Gasteiger partial charge on any atom is -0.497 e. The number of rotatable bonds is 10. The highest BCUT2D eigenvalue weighted by Gasteiger charge is 2.56. The molecule has 32 heavy (non-hydrogen) atoms. The van der Waals surface area contributed by atoms with E-state index in [1.807, 2.05) is 30.3 Å². The quantitative estimate of drug-likeness (QED) is 0.259. The molecule has 3 rings (SSSR count). The van der Waals surface area contributed by atoms with Crippen LogP contribution in [-0.2, 0) is 37.1 Å². The van der Waals surface area contributed by atoms with Gasteiger partial charge >= 0.3 is 5.97 Å². The zero-order valence-corrected chi connectivity index (χ0v) is 18.2. The van der Waals surface area contributed by atoms with Crippen molar-refractivity contribution in [2.45, 2.75) is 26.1 Å². The second-order valence-corrected chi connectivity index (χ2v) is 7.06. The van der Waals surface area contributed by atoms with E-state index in [0.717, 1.165) is 5.56 Å². The maximum atomic E-state index is 12.8. The van der Waals surface area contributed by atoms with Crippen molar-refractivity contribution in [2.75, 3.05) is 20.8 Å². The molecule has 1 aliphatic heterocycles. The van der Waals surface area contributed by atoms with Gasteiger partial charge in [0.15, 0.2) is 6.04 Å². The number of β-lactam (4-membered cyclic amide) rings is 1. The van der Waals surface area contributed by atoms with E-state index in [4.69, 9.17) is 19.0 Å². The van der Waals surface area contributed by atoms with Crippen molar-refractivity contribution in [1.29, 1.82) is 0 Å². The zero-order valence-electron chi connectivity index (χ0n) is 18.2. The smallest absolute Gasteiger partial charge is 0.330 e. The molecule has 170 valence electrons. The number of ether oxygens (including phenoxy) is 3. The van der Waals surface area contributed by atoms with E-state index in [1.54, 1.807) is 25.1 Å². The van der Waals surface area contributed by atoms with E-state index < -0.39 is 29.7 Å². The first-order valence-electron chi connectivity index (χ1n) is 10.1. The van der Waals surface area contributed by atoms with Crippen molar-refractivity contribution < 1.29 is 33.4 Å². The van der Waals surface area contributed by atoms with E-state index in [-0.39, 0.29) is 19.8 Å². The highest BCUT2D eigenvalue weighted by molar-refractivity contribution is 6.11. The molecule has 0 bridgehead atoms. The molecule has 1 aliphatic rings. The highest BCUT2D eigenvalue weighted by Crippen LogP contribution is 2.33. The molecule has 1 heterocycles. The number of likely N-dealkylation sites (tertiary alicyclic amines) is 1. The summed E-state index contributed by atoms with van der Waals surface area (Å²) in [5.74, 6) is -1.98. The zero-order chi connectivity index (χ0) is 23.1. The Bertz CT molecular complexity index is 964. The molecule has 0 aromatic heterocycles. The number of hydroxylamine groups is 1. The molecular formula is C23H26N2O7. The van der Waals surface area contributed by atoms with Gasteiger partial charge in [0.05, 0.1) is 34.0 Å². The summed E-state index contributed by atoms with van der Waals surface area (Å²) in [5, 5.41) is 0. The number of nitrogens with one attached hydrogen (secondary N) is 1. The molecular weight excluding hydrogens is 416 g/mol. The molecule has 9 heteroatoms. The second kappa shape index (κ2) is 10.6. The molecule has 9 nitrogen and oxygen atoms in total. The molecule has 2 amide bonds. The molecule has 0 saturated carbocycles. The average molecular weight is 442 g/mol. The first kappa shape index (κ1) is 23.1. The number of nitrogens with zero attached hydrogens (tertiary/aromatic N) is 1. The lowest BCUT2D eigenvalue weighted by atomic mass is 9.86. The Labute approximate surface area is 186 Å². The minimum absolute atomic E-state index is 0.0735. The van der Waals surface area contributed by atoms with Gasteiger partial charge < -0.3 is 19.1 Å². The molecule has 2 aromatic rings. The topological polar surface area (TPSA) is 103 Å². The number of amides is 2. The van der Waals surface area contributed by atoms with Gasteiger partial charge in [-0.05, 0) is 24.6 Å². The van der Waals surface area contributed by atoms with E-state index in [9.17, 15) is 14.4 Å². The summed E-state index contributed by atoms with van der Waals surface area (Å²) in [4.78, 5) is 44.5. The van der Waals surface area contributed by atoms with Gasteiger partial charge in [-0.25, -0.2) is 10.3 Å². The molecule has 2 atom stereocenters.